The van der Waals surface area contributed by atoms with Gasteiger partial charge in [0, 0.05) is 43.9 Å². The first-order valence-electron chi connectivity index (χ1n) is 13.9. The number of pyridine rings is 1. The zero-order chi connectivity index (χ0) is 27.5. The number of hydrogen-bond donors (Lipinski definition) is 0. The van der Waals surface area contributed by atoms with E-state index >= 15 is 0 Å². The van der Waals surface area contributed by atoms with Gasteiger partial charge in [0.1, 0.15) is 11.6 Å². The summed E-state index contributed by atoms with van der Waals surface area (Å²) in [6.07, 6.45) is 1.67. The van der Waals surface area contributed by atoms with Crippen molar-refractivity contribution in [3.05, 3.63) is 115 Å². The van der Waals surface area contributed by atoms with E-state index in [0.717, 1.165) is 32.6 Å². The van der Waals surface area contributed by atoms with Crippen molar-refractivity contribution in [1.29, 1.82) is 5.26 Å². The lowest BCUT2D eigenvalue weighted by Gasteiger charge is -2.10. The fraction of sp³-hybridized carbons (Fsp3) is 0. The quantitative estimate of drug-likeness (QED) is 0.212. The Bertz CT molecular complexity index is 2810. The molecule has 0 saturated heterocycles. The number of aromatic nitrogens is 5. The molecule has 0 amide bonds. The van der Waals surface area contributed by atoms with Gasteiger partial charge in [-0.15, -0.1) is 0 Å². The summed E-state index contributed by atoms with van der Waals surface area (Å²) in [5.41, 5.74) is 7.04. The first-order valence-corrected chi connectivity index (χ1v) is 13.9. The molecule has 6 heteroatoms. The number of nitriles is 1. The lowest BCUT2D eigenvalue weighted by atomic mass is 10.0. The summed E-state index contributed by atoms with van der Waals surface area (Å²) in [6.45, 7) is 0. The van der Waals surface area contributed by atoms with E-state index in [9.17, 15) is 5.26 Å². The van der Waals surface area contributed by atoms with Gasteiger partial charge in [-0.1, -0.05) is 72.8 Å². The molecule has 6 nitrogen and oxygen atoms in total. The van der Waals surface area contributed by atoms with Gasteiger partial charge >= 0.3 is 0 Å². The van der Waals surface area contributed by atoms with Crippen molar-refractivity contribution in [1.82, 2.24) is 23.9 Å². The van der Waals surface area contributed by atoms with Crippen LogP contribution in [0.1, 0.15) is 5.69 Å². The normalized spacial score (nSPS) is 12.3. The van der Waals surface area contributed by atoms with E-state index in [2.05, 4.69) is 111 Å². The van der Waals surface area contributed by atoms with E-state index in [1.807, 2.05) is 12.1 Å². The van der Waals surface area contributed by atoms with Gasteiger partial charge in [0.2, 0.25) is 5.95 Å². The highest BCUT2D eigenvalue weighted by molar-refractivity contribution is 6.37. The molecule has 192 valence electrons. The molecule has 42 heavy (non-hydrogen) atoms. The van der Waals surface area contributed by atoms with Crippen molar-refractivity contribution in [3.8, 4) is 12.0 Å². The van der Waals surface area contributed by atoms with Crippen LogP contribution in [0.3, 0.4) is 0 Å². The van der Waals surface area contributed by atoms with Crippen LogP contribution in [0.25, 0.3) is 87.7 Å². The fourth-order valence-corrected chi connectivity index (χ4v) is 7.11. The monoisotopic (exact) mass is 534 g/mol. The molecule has 0 saturated carbocycles. The second-order valence-corrected chi connectivity index (χ2v) is 10.8. The molecule has 0 unspecified atom stereocenters. The molecule has 0 radical (unpaired) electrons. The molecule has 0 aliphatic heterocycles. The van der Waals surface area contributed by atoms with Crippen molar-refractivity contribution in [2.45, 2.75) is 0 Å². The summed E-state index contributed by atoms with van der Waals surface area (Å²) in [5.74, 6) is 0.463. The molecule has 0 spiro atoms. The molecule has 0 aliphatic carbocycles. The van der Waals surface area contributed by atoms with Gasteiger partial charge in [0.15, 0.2) is 5.69 Å². The number of hydrogen-bond acceptors (Lipinski definition) is 4. The number of nitrogens with zero attached hydrogens (tertiary/aromatic N) is 6. The minimum Gasteiger partial charge on any atom is -0.308 e. The van der Waals surface area contributed by atoms with Crippen molar-refractivity contribution in [2.75, 3.05) is 0 Å². The van der Waals surface area contributed by atoms with Crippen LogP contribution in [0, 0.1) is 11.3 Å². The highest BCUT2D eigenvalue weighted by Gasteiger charge is 2.25. The topological polar surface area (TPSA) is 71.8 Å². The van der Waals surface area contributed by atoms with E-state index in [0.29, 0.717) is 17.0 Å². The van der Waals surface area contributed by atoms with E-state index in [4.69, 9.17) is 9.97 Å². The van der Waals surface area contributed by atoms with Gasteiger partial charge in [-0.25, -0.2) is 4.98 Å². The number of para-hydroxylation sites is 2. The Hall–Kier alpha value is -6.06. The summed E-state index contributed by atoms with van der Waals surface area (Å²) in [7, 11) is 0. The Morgan fingerprint density at radius 2 is 1.36 bits per heavy atom. The van der Waals surface area contributed by atoms with Crippen molar-refractivity contribution in [2.24, 2.45) is 0 Å². The summed E-state index contributed by atoms with van der Waals surface area (Å²) in [5, 5.41) is 19.4. The first-order chi connectivity index (χ1) is 20.8. The fourth-order valence-electron chi connectivity index (χ4n) is 7.11. The molecule has 5 aromatic carbocycles. The van der Waals surface area contributed by atoms with Gasteiger partial charge in [-0.05, 0) is 35.7 Å². The van der Waals surface area contributed by atoms with Crippen LogP contribution in [0.4, 0.5) is 0 Å². The number of rotatable bonds is 1. The summed E-state index contributed by atoms with van der Waals surface area (Å²) >= 11 is 0. The average Bonchev–Trinajstić information content (AvgIpc) is 3.68. The average molecular weight is 535 g/mol. The predicted octanol–water partition coefficient (Wildman–Crippen LogP) is 8.30. The molecule has 0 bridgehead atoms. The molecule has 0 aliphatic rings. The van der Waals surface area contributed by atoms with E-state index in [1.165, 1.54) is 38.1 Å². The van der Waals surface area contributed by atoms with Crippen molar-refractivity contribution < 1.29 is 0 Å². The maximum atomic E-state index is 10.1. The zero-order valence-corrected chi connectivity index (χ0v) is 22.1. The lowest BCUT2D eigenvalue weighted by molar-refractivity contribution is 1.000. The molecule has 5 heterocycles. The lowest BCUT2D eigenvalue weighted by Crippen LogP contribution is -2.04. The minimum absolute atomic E-state index is 0.262. The second-order valence-electron chi connectivity index (χ2n) is 10.8. The van der Waals surface area contributed by atoms with E-state index in [-0.39, 0.29) is 5.69 Å². The summed E-state index contributed by atoms with van der Waals surface area (Å²) in [4.78, 5) is 14.3. The SMILES string of the molecule is N#Cc1nc(-n2c3cc4c5ccccc5n5c6ccccc6c(c3c3ccc6ccccc6c32)c45)nc2cccnc12. The molecule has 10 aromatic rings. The molecule has 5 aromatic heterocycles. The third kappa shape index (κ3) is 2.52. The smallest absolute Gasteiger partial charge is 0.236 e. The summed E-state index contributed by atoms with van der Waals surface area (Å²) < 4.78 is 4.56. The van der Waals surface area contributed by atoms with Crippen molar-refractivity contribution in [3.63, 3.8) is 0 Å². The molecule has 0 N–H and O–H groups in total. The number of benzene rings is 5. The maximum Gasteiger partial charge on any atom is 0.236 e. The molecule has 0 fully saturated rings. The van der Waals surface area contributed by atoms with Gasteiger partial charge in [-0.3, -0.25) is 9.55 Å². The van der Waals surface area contributed by atoms with Crippen LogP contribution in [0.15, 0.2) is 109 Å². The minimum atomic E-state index is 0.262. The van der Waals surface area contributed by atoms with E-state index < -0.39 is 0 Å². The van der Waals surface area contributed by atoms with Crippen LogP contribution < -0.4 is 0 Å². The third-order valence-electron chi connectivity index (χ3n) is 8.74. The zero-order valence-electron chi connectivity index (χ0n) is 22.1. The molecular formula is C36H18N6. The van der Waals surface area contributed by atoms with Crippen LogP contribution in [0.2, 0.25) is 0 Å². The third-order valence-corrected chi connectivity index (χ3v) is 8.74. The Morgan fingerprint density at radius 3 is 2.21 bits per heavy atom. The van der Waals surface area contributed by atoms with Gasteiger partial charge < -0.3 is 4.40 Å². The van der Waals surface area contributed by atoms with E-state index in [1.54, 1.807) is 6.20 Å². The van der Waals surface area contributed by atoms with Crippen molar-refractivity contribution >= 4 is 81.7 Å². The number of fused-ring (bicyclic) bond motifs is 13. The predicted molar refractivity (Wildman–Crippen MR) is 169 cm³/mol. The molecule has 0 atom stereocenters. The standard InChI is InChI=1S/C36H18N6/c37-19-27-33-26(12-7-17-38-33)39-36(40-27)42-30-18-25-22-10-3-5-13-28(22)41-29-14-6-4-11-23(29)32(35(25)41)31(30)24-16-15-20-8-1-2-9-21(20)34(24)42/h1-18H. The molecular weight excluding hydrogens is 516 g/mol. The van der Waals surface area contributed by atoms with Crippen LogP contribution in [-0.4, -0.2) is 23.9 Å². The van der Waals surface area contributed by atoms with Crippen LogP contribution in [-0.2, 0) is 0 Å². The highest BCUT2D eigenvalue weighted by Crippen LogP contribution is 2.47. The van der Waals surface area contributed by atoms with Crippen LogP contribution in [0.5, 0.6) is 0 Å². The van der Waals surface area contributed by atoms with Gasteiger partial charge in [0.25, 0.3) is 0 Å². The Labute approximate surface area is 237 Å². The second kappa shape index (κ2) is 7.57. The maximum absolute atomic E-state index is 10.1. The molecule has 10 rings (SSSR count). The van der Waals surface area contributed by atoms with Gasteiger partial charge in [0.05, 0.1) is 33.1 Å². The first kappa shape index (κ1) is 21.7. The summed E-state index contributed by atoms with van der Waals surface area (Å²) in [6, 6.07) is 38.4. The van der Waals surface area contributed by atoms with Gasteiger partial charge in [-0.2, -0.15) is 10.2 Å². The van der Waals surface area contributed by atoms with Crippen LogP contribution >= 0.6 is 0 Å². The Balaban J connectivity index is 1.54. The largest absolute Gasteiger partial charge is 0.308 e. The highest BCUT2D eigenvalue weighted by atomic mass is 15.2. The Morgan fingerprint density at radius 1 is 0.595 bits per heavy atom. The Kier molecular flexibility index (Phi) is 3.91.